The third kappa shape index (κ3) is 4.22. The predicted molar refractivity (Wildman–Crippen MR) is 91.1 cm³/mol. The Morgan fingerprint density at radius 2 is 1.65 bits per heavy atom. The summed E-state index contributed by atoms with van der Waals surface area (Å²) >= 11 is 6.84. The van der Waals surface area contributed by atoms with E-state index in [-0.39, 0.29) is 5.75 Å². The van der Waals surface area contributed by atoms with Crippen molar-refractivity contribution in [2.24, 2.45) is 0 Å². The molecule has 1 aromatic rings. The molecule has 0 aliphatic heterocycles. The molecule has 2 nitrogen and oxygen atoms in total. The van der Waals surface area contributed by atoms with Crippen LogP contribution in [-0.4, -0.2) is 22.6 Å². The van der Waals surface area contributed by atoms with Crippen molar-refractivity contribution in [1.29, 1.82) is 0 Å². The van der Waals surface area contributed by atoms with Crippen LogP contribution >= 0.6 is 31.9 Å². The van der Waals surface area contributed by atoms with E-state index in [0.29, 0.717) is 6.04 Å². The van der Waals surface area contributed by atoms with Gasteiger partial charge in [-0.2, -0.15) is 0 Å². The summed E-state index contributed by atoms with van der Waals surface area (Å²) in [7, 11) is 0. The van der Waals surface area contributed by atoms with E-state index in [1.54, 1.807) is 0 Å². The monoisotopic (exact) mass is 403 g/mol. The number of halogens is 2. The molecule has 2 rings (SSSR count). The van der Waals surface area contributed by atoms with Crippen LogP contribution in [0.15, 0.2) is 21.1 Å². The van der Waals surface area contributed by atoms with Gasteiger partial charge in [-0.15, -0.1) is 0 Å². The van der Waals surface area contributed by atoms with Crippen LogP contribution in [0.5, 0.6) is 5.75 Å². The molecule has 1 N–H and O–H groups in total. The van der Waals surface area contributed by atoms with Gasteiger partial charge in [0.05, 0.1) is 8.95 Å². The zero-order valence-electron chi connectivity index (χ0n) is 12.0. The van der Waals surface area contributed by atoms with Gasteiger partial charge in [0.1, 0.15) is 5.75 Å². The Kier molecular flexibility index (Phi) is 6.37. The van der Waals surface area contributed by atoms with Crippen molar-refractivity contribution in [3.05, 3.63) is 26.6 Å². The Morgan fingerprint density at radius 1 is 1.10 bits per heavy atom. The lowest BCUT2D eigenvalue weighted by Gasteiger charge is -2.30. The summed E-state index contributed by atoms with van der Waals surface area (Å²) < 4.78 is 1.53. The minimum absolute atomic E-state index is 0.284. The molecule has 1 aromatic carbocycles. The van der Waals surface area contributed by atoms with E-state index < -0.39 is 0 Å². The van der Waals surface area contributed by atoms with Crippen molar-refractivity contribution in [3.8, 4) is 5.75 Å². The topological polar surface area (TPSA) is 23.5 Å². The van der Waals surface area contributed by atoms with E-state index in [1.165, 1.54) is 44.1 Å². The third-order valence-corrected chi connectivity index (χ3v) is 5.42. The molecule has 0 unspecified atom stereocenters. The minimum atomic E-state index is 0.284. The fourth-order valence-corrected chi connectivity index (χ4v) is 4.35. The molecule has 0 aromatic heterocycles. The number of hydrogen-bond donors (Lipinski definition) is 1. The van der Waals surface area contributed by atoms with E-state index in [1.807, 2.05) is 12.1 Å². The van der Waals surface area contributed by atoms with Gasteiger partial charge in [0.15, 0.2) is 0 Å². The average Bonchev–Trinajstić information content (AvgIpc) is 2.71. The summed E-state index contributed by atoms with van der Waals surface area (Å²) in [6.45, 7) is 4.29. The molecule has 0 atom stereocenters. The summed E-state index contributed by atoms with van der Waals surface area (Å²) in [5.74, 6) is 0.284. The molecular weight excluding hydrogens is 382 g/mol. The molecular formula is C16H23Br2NO. The van der Waals surface area contributed by atoms with Gasteiger partial charge < -0.3 is 5.11 Å². The van der Waals surface area contributed by atoms with E-state index in [2.05, 4.69) is 43.7 Å². The van der Waals surface area contributed by atoms with Gasteiger partial charge in [-0.25, -0.2) is 0 Å². The standard InChI is InChI=1S/C16H23Br2NO/c1-2-19(13-7-5-3-4-6-8-13)11-12-9-14(17)16(20)15(18)10-12/h9-10,13,20H,2-8,11H2,1H3. The molecule has 1 aliphatic carbocycles. The molecule has 20 heavy (non-hydrogen) atoms. The Balaban J connectivity index is 2.09. The van der Waals surface area contributed by atoms with Crippen molar-refractivity contribution in [3.63, 3.8) is 0 Å². The Hall–Kier alpha value is -0.0600. The third-order valence-electron chi connectivity index (χ3n) is 4.21. The number of phenols is 1. The fourth-order valence-electron chi connectivity index (χ4n) is 3.07. The Bertz CT molecular complexity index is 419. The number of nitrogens with zero attached hydrogens (tertiary/aromatic N) is 1. The maximum Gasteiger partial charge on any atom is 0.143 e. The van der Waals surface area contributed by atoms with Gasteiger partial charge in [0.25, 0.3) is 0 Å². The Labute approximate surface area is 138 Å². The number of hydrogen-bond acceptors (Lipinski definition) is 2. The second-order valence-corrected chi connectivity index (χ2v) is 7.33. The summed E-state index contributed by atoms with van der Waals surface area (Å²) in [6, 6.07) is 4.77. The van der Waals surface area contributed by atoms with Crippen LogP contribution in [0.3, 0.4) is 0 Å². The molecule has 0 bridgehead atoms. The van der Waals surface area contributed by atoms with Crippen LogP contribution in [0.2, 0.25) is 0 Å². The van der Waals surface area contributed by atoms with E-state index in [4.69, 9.17) is 0 Å². The zero-order chi connectivity index (χ0) is 14.5. The van der Waals surface area contributed by atoms with Crippen molar-refractivity contribution in [2.75, 3.05) is 6.54 Å². The largest absolute Gasteiger partial charge is 0.506 e. The van der Waals surface area contributed by atoms with Crippen molar-refractivity contribution >= 4 is 31.9 Å². The highest BCUT2D eigenvalue weighted by Gasteiger charge is 2.19. The van der Waals surface area contributed by atoms with Crippen LogP contribution in [-0.2, 0) is 6.54 Å². The number of aromatic hydroxyl groups is 1. The van der Waals surface area contributed by atoms with E-state index >= 15 is 0 Å². The van der Waals surface area contributed by atoms with Crippen LogP contribution in [0, 0.1) is 0 Å². The number of benzene rings is 1. The summed E-state index contributed by atoms with van der Waals surface area (Å²) in [6.07, 6.45) is 8.17. The highest BCUT2D eigenvalue weighted by atomic mass is 79.9. The van der Waals surface area contributed by atoms with Crippen LogP contribution < -0.4 is 0 Å². The van der Waals surface area contributed by atoms with Gasteiger partial charge in [-0.1, -0.05) is 32.6 Å². The molecule has 0 amide bonds. The lowest BCUT2D eigenvalue weighted by atomic mass is 10.1. The second kappa shape index (κ2) is 7.81. The number of phenolic OH excluding ortho intramolecular Hbond substituents is 1. The lowest BCUT2D eigenvalue weighted by Crippen LogP contribution is -2.34. The zero-order valence-corrected chi connectivity index (χ0v) is 15.2. The van der Waals surface area contributed by atoms with Gasteiger partial charge in [0.2, 0.25) is 0 Å². The first-order valence-corrected chi connectivity index (χ1v) is 9.11. The first-order chi connectivity index (χ1) is 9.61. The average molecular weight is 405 g/mol. The van der Waals surface area contributed by atoms with Crippen LogP contribution in [0.4, 0.5) is 0 Å². The van der Waals surface area contributed by atoms with Gasteiger partial charge in [-0.3, -0.25) is 4.90 Å². The highest BCUT2D eigenvalue weighted by molar-refractivity contribution is 9.11. The van der Waals surface area contributed by atoms with E-state index in [0.717, 1.165) is 22.0 Å². The van der Waals surface area contributed by atoms with Crippen LogP contribution in [0.25, 0.3) is 0 Å². The van der Waals surface area contributed by atoms with Gasteiger partial charge in [-0.05, 0) is 68.9 Å². The maximum absolute atomic E-state index is 9.80. The van der Waals surface area contributed by atoms with Crippen LogP contribution in [0.1, 0.15) is 51.0 Å². The summed E-state index contributed by atoms with van der Waals surface area (Å²) in [5, 5.41) is 9.80. The molecule has 0 radical (unpaired) electrons. The minimum Gasteiger partial charge on any atom is -0.506 e. The summed E-state index contributed by atoms with van der Waals surface area (Å²) in [5.41, 5.74) is 1.24. The first-order valence-electron chi connectivity index (χ1n) is 7.52. The predicted octanol–water partition coefficient (Wildman–Crippen LogP) is 5.46. The van der Waals surface area contributed by atoms with E-state index in [9.17, 15) is 5.11 Å². The highest BCUT2D eigenvalue weighted by Crippen LogP contribution is 2.34. The Morgan fingerprint density at radius 3 is 2.15 bits per heavy atom. The lowest BCUT2D eigenvalue weighted by molar-refractivity contribution is 0.179. The summed E-state index contributed by atoms with van der Waals surface area (Å²) in [4.78, 5) is 2.58. The molecule has 1 aliphatic rings. The first kappa shape index (κ1) is 16.3. The van der Waals surface area contributed by atoms with Crippen molar-refractivity contribution < 1.29 is 5.11 Å². The van der Waals surface area contributed by atoms with Crippen molar-refractivity contribution in [1.82, 2.24) is 4.90 Å². The quantitative estimate of drug-likeness (QED) is 0.673. The molecule has 0 saturated heterocycles. The molecule has 1 fully saturated rings. The molecule has 112 valence electrons. The SMILES string of the molecule is CCN(Cc1cc(Br)c(O)c(Br)c1)C1CCCCCC1. The molecule has 1 saturated carbocycles. The van der Waals surface area contributed by atoms with Crippen molar-refractivity contribution in [2.45, 2.75) is 58.0 Å². The maximum atomic E-state index is 9.80. The number of rotatable bonds is 4. The molecule has 4 heteroatoms. The van der Waals surface area contributed by atoms with Gasteiger partial charge in [0, 0.05) is 12.6 Å². The fraction of sp³-hybridized carbons (Fsp3) is 0.625. The smallest absolute Gasteiger partial charge is 0.143 e. The second-order valence-electron chi connectivity index (χ2n) is 5.62. The normalized spacial score (nSPS) is 17.4. The molecule has 0 heterocycles. The molecule has 0 spiro atoms. The van der Waals surface area contributed by atoms with Gasteiger partial charge >= 0.3 is 0 Å².